The van der Waals surface area contributed by atoms with Gasteiger partial charge < -0.3 is 23.7 Å². The Kier molecular flexibility index (Phi) is 4.84. The zero-order valence-electron chi connectivity index (χ0n) is 14.7. The molecule has 0 radical (unpaired) electrons. The first-order valence-electron chi connectivity index (χ1n) is 8.19. The number of methoxy groups -OCH3 is 2. The number of ether oxygens (including phenoxy) is 5. The Labute approximate surface area is 143 Å². The Morgan fingerprint density at radius 2 is 1.96 bits per heavy atom. The zero-order chi connectivity index (χ0) is 17.2. The van der Waals surface area contributed by atoms with Gasteiger partial charge in [0.2, 0.25) is 11.6 Å². The summed E-state index contributed by atoms with van der Waals surface area (Å²) in [6.07, 6.45) is 1.69. The Bertz CT molecular complexity index is 661. The zero-order valence-corrected chi connectivity index (χ0v) is 14.7. The Hall–Kier alpha value is -1.58. The molecule has 3 atom stereocenters. The predicted molar refractivity (Wildman–Crippen MR) is 88.8 cm³/mol. The summed E-state index contributed by atoms with van der Waals surface area (Å²) < 4.78 is 28.3. The van der Waals surface area contributed by atoms with Crippen molar-refractivity contribution in [3.63, 3.8) is 0 Å². The van der Waals surface area contributed by atoms with Gasteiger partial charge >= 0.3 is 0 Å². The van der Waals surface area contributed by atoms with E-state index in [4.69, 9.17) is 23.7 Å². The van der Waals surface area contributed by atoms with Gasteiger partial charge in [0, 0.05) is 19.8 Å². The van der Waals surface area contributed by atoms with Crippen LogP contribution >= 0.6 is 0 Å². The summed E-state index contributed by atoms with van der Waals surface area (Å²) in [6, 6.07) is 6.04. The Balaban J connectivity index is 1.75. The van der Waals surface area contributed by atoms with E-state index in [1.807, 2.05) is 12.1 Å². The summed E-state index contributed by atoms with van der Waals surface area (Å²) in [5.74, 6) is 5.26. The monoisotopic (exact) mass is 332 g/mol. The first-order chi connectivity index (χ1) is 11.5. The van der Waals surface area contributed by atoms with Crippen LogP contribution in [0, 0.1) is 11.8 Å². The second-order valence-electron chi connectivity index (χ2n) is 6.26. The van der Waals surface area contributed by atoms with Crippen LogP contribution in [0.1, 0.15) is 31.4 Å². The number of hydrogen-bond donors (Lipinski definition) is 0. The lowest BCUT2D eigenvalue weighted by Crippen LogP contribution is -2.62. The van der Waals surface area contributed by atoms with Crippen molar-refractivity contribution < 1.29 is 23.7 Å². The average molecular weight is 332 g/mol. The molecule has 0 N–H and O–H groups in total. The highest BCUT2D eigenvalue weighted by molar-refractivity contribution is 5.45. The minimum Gasteiger partial charge on any atom is -0.493 e. The Morgan fingerprint density at radius 3 is 2.71 bits per heavy atom. The predicted octanol–water partition coefficient (Wildman–Crippen LogP) is 2.50. The smallest absolute Gasteiger partial charge is 0.221 e. The number of rotatable bonds is 2. The molecule has 0 saturated carbocycles. The lowest BCUT2D eigenvalue weighted by molar-refractivity contribution is -0.424. The quantitative estimate of drug-likeness (QED) is 0.779. The van der Waals surface area contributed by atoms with E-state index in [0.717, 1.165) is 30.8 Å². The molecule has 0 bridgehead atoms. The second kappa shape index (κ2) is 6.73. The van der Waals surface area contributed by atoms with E-state index in [1.165, 1.54) is 5.56 Å². The molecule has 0 spiro atoms. The van der Waals surface area contributed by atoms with Crippen LogP contribution in [0.5, 0.6) is 5.75 Å². The largest absolute Gasteiger partial charge is 0.493 e. The molecule has 1 aromatic carbocycles. The van der Waals surface area contributed by atoms with Crippen molar-refractivity contribution in [2.75, 3.05) is 27.4 Å². The van der Waals surface area contributed by atoms with Crippen molar-refractivity contribution in [2.24, 2.45) is 0 Å². The number of hydrogen-bond acceptors (Lipinski definition) is 5. The lowest BCUT2D eigenvalue weighted by atomic mass is 10.0. The van der Waals surface area contributed by atoms with Crippen molar-refractivity contribution in [3.05, 3.63) is 29.3 Å². The fourth-order valence-electron chi connectivity index (χ4n) is 2.93. The van der Waals surface area contributed by atoms with Gasteiger partial charge in [0.15, 0.2) is 0 Å². The summed E-state index contributed by atoms with van der Waals surface area (Å²) in [7, 11) is 3.14. The van der Waals surface area contributed by atoms with E-state index in [0.29, 0.717) is 6.61 Å². The van der Waals surface area contributed by atoms with Crippen molar-refractivity contribution in [1.82, 2.24) is 0 Å². The molecule has 0 amide bonds. The first kappa shape index (κ1) is 17.2. The molecule has 2 aliphatic rings. The van der Waals surface area contributed by atoms with Crippen LogP contribution in [-0.2, 0) is 25.4 Å². The summed E-state index contributed by atoms with van der Waals surface area (Å²) in [5.41, 5.74) is 2.16. The van der Waals surface area contributed by atoms with Gasteiger partial charge in [0.1, 0.15) is 11.9 Å². The third-order valence-electron chi connectivity index (χ3n) is 4.77. The minimum absolute atomic E-state index is 0.324. The average Bonchev–Trinajstić information content (AvgIpc) is 2.62. The maximum atomic E-state index is 5.99. The fraction of sp³-hybridized carbons (Fsp3) is 0.579. The maximum Gasteiger partial charge on any atom is 0.221 e. The molecule has 130 valence electrons. The van der Waals surface area contributed by atoms with Crippen molar-refractivity contribution in [2.45, 2.75) is 44.4 Å². The van der Waals surface area contributed by atoms with Gasteiger partial charge in [-0.05, 0) is 50.5 Å². The Morgan fingerprint density at radius 1 is 1.17 bits per heavy atom. The molecule has 2 heterocycles. The van der Waals surface area contributed by atoms with Crippen LogP contribution in [-0.4, -0.2) is 45.1 Å². The molecule has 3 unspecified atom stereocenters. The molecule has 2 aliphatic heterocycles. The van der Waals surface area contributed by atoms with Crippen molar-refractivity contribution in [1.29, 1.82) is 0 Å². The van der Waals surface area contributed by atoms with Crippen LogP contribution in [0.15, 0.2) is 18.2 Å². The van der Waals surface area contributed by atoms with Gasteiger partial charge in [-0.3, -0.25) is 0 Å². The second-order valence-corrected chi connectivity index (χ2v) is 6.26. The molecule has 1 fully saturated rings. The molecule has 0 aromatic heterocycles. The highest BCUT2D eigenvalue weighted by Gasteiger charge is 2.53. The van der Waals surface area contributed by atoms with E-state index in [1.54, 1.807) is 28.1 Å². The van der Waals surface area contributed by atoms with E-state index in [-0.39, 0.29) is 6.10 Å². The van der Waals surface area contributed by atoms with Crippen LogP contribution in [0.4, 0.5) is 0 Å². The molecule has 0 aliphatic carbocycles. The van der Waals surface area contributed by atoms with Crippen molar-refractivity contribution in [3.8, 4) is 17.6 Å². The van der Waals surface area contributed by atoms with Gasteiger partial charge in [-0.25, -0.2) is 0 Å². The van der Waals surface area contributed by atoms with Crippen LogP contribution in [0.2, 0.25) is 0 Å². The van der Waals surface area contributed by atoms with E-state index >= 15 is 0 Å². The minimum atomic E-state index is -1.02. The van der Waals surface area contributed by atoms with Crippen molar-refractivity contribution >= 4 is 0 Å². The van der Waals surface area contributed by atoms with Crippen LogP contribution in [0.25, 0.3) is 0 Å². The molecule has 1 aromatic rings. The molecule has 24 heavy (non-hydrogen) atoms. The van der Waals surface area contributed by atoms with Gasteiger partial charge in [0.25, 0.3) is 0 Å². The van der Waals surface area contributed by atoms with Crippen LogP contribution in [0.3, 0.4) is 0 Å². The fourth-order valence-corrected chi connectivity index (χ4v) is 2.93. The molecular formula is C19H24O5. The third kappa shape index (κ3) is 3.15. The van der Waals surface area contributed by atoms with E-state index in [2.05, 4.69) is 17.9 Å². The molecular weight excluding hydrogens is 308 g/mol. The molecule has 3 rings (SSSR count). The summed E-state index contributed by atoms with van der Waals surface area (Å²) in [5, 5.41) is 0. The summed E-state index contributed by atoms with van der Waals surface area (Å²) in [4.78, 5) is 0. The van der Waals surface area contributed by atoms with Gasteiger partial charge in [0.05, 0.1) is 13.2 Å². The molecule has 5 heteroatoms. The highest BCUT2D eigenvalue weighted by atomic mass is 16.8. The normalized spacial score (nSPS) is 32.2. The molecule has 1 saturated heterocycles. The first-order valence-corrected chi connectivity index (χ1v) is 8.19. The number of benzene rings is 1. The summed E-state index contributed by atoms with van der Waals surface area (Å²) >= 11 is 0. The number of aryl methyl sites for hydroxylation is 1. The van der Waals surface area contributed by atoms with E-state index < -0.39 is 11.6 Å². The van der Waals surface area contributed by atoms with Gasteiger partial charge in [-0.2, -0.15) is 0 Å². The maximum absolute atomic E-state index is 5.99. The van der Waals surface area contributed by atoms with E-state index in [9.17, 15) is 0 Å². The third-order valence-corrected chi connectivity index (χ3v) is 4.77. The highest BCUT2D eigenvalue weighted by Crippen LogP contribution is 2.36. The van der Waals surface area contributed by atoms with Gasteiger partial charge in [-0.1, -0.05) is 11.8 Å². The SMILES string of the molecule is COC1(C)OCC(C#Cc2ccc3c(c2)CCCO3)OC1(C)OC. The summed E-state index contributed by atoms with van der Waals surface area (Å²) in [6.45, 7) is 4.70. The standard InChI is InChI=1S/C19H24O5/c1-18(20-3)19(2,21-4)24-16(13-23-18)9-7-14-8-10-17-15(12-14)6-5-11-22-17/h8,10,12,16H,5-6,11,13H2,1-4H3. The topological polar surface area (TPSA) is 46.2 Å². The number of fused-ring (bicyclic) bond motifs is 1. The lowest BCUT2D eigenvalue weighted by Gasteiger charge is -2.47. The van der Waals surface area contributed by atoms with Gasteiger partial charge in [-0.15, -0.1) is 0 Å². The van der Waals surface area contributed by atoms with Crippen LogP contribution < -0.4 is 4.74 Å². The molecule has 5 nitrogen and oxygen atoms in total.